The molecule has 0 saturated carbocycles. The van der Waals surface area contributed by atoms with Gasteiger partial charge >= 0.3 is 0 Å². The zero-order valence-electron chi connectivity index (χ0n) is 11.6. The lowest BCUT2D eigenvalue weighted by molar-refractivity contribution is -0.116. The number of hydrogen-bond acceptors (Lipinski definition) is 3. The number of sulfonamides is 1. The average Bonchev–Trinajstić information content (AvgIpc) is 2.25. The Morgan fingerprint density at radius 2 is 1.89 bits per heavy atom. The van der Waals surface area contributed by atoms with Gasteiger partial charge in [-0.15, -0.1) is 0 Å². The van der Waals surface area contributed by atoms with Crippen molar-refractivity contribution >= 4 is 15.9 Å². The highest BCUT2D eigenvalue weighted by Gasteiger charge is 2.21. The smallest absolute Gasteiger partial charge is 0.241 e. The Balaban J connectivity index is 3.22. The number of aryl methyl sites for hydroxylation is 1. The number of hydrogen-bond donors (Lipinski definition) is 2. The van der Waals surface area contributed by atoms with E-state index in [0.29, 0.717) is 5.56 Å². The van der Waals surface area contributed by atoms with E-state index >= 15 is 0 Å². The fourth-order valence-corrected chi connectivity index (χ4v) is 2.86. The van der Waals surface area contributed by atoms with Gasteiger partial charge in [0, 0.05) is 0 Å². The zero-order chi connectivity index (χ0) is 14.8. The third kappa shape index (κ3) is 4.04. The molecular formula is C13H20N2O3S. The van der Waals surface area contributed by atoms with Gasteiger partial charge in [0.1, 0.15) is 0 Å². The van der Waals surface area contributed by atoms with Crippen molar-refractivity contribution in [1.29, 1.82) is 0 Å². The van der Waals surface area contributed by atoms with Crippen molar-refractivity contribution in [3.63, 3.8) is 0 Å². The minimum absolute atomic E-state index is 0.151. The first kappa shape index (κ1) is 15.7. The van der Waals surface area contributed by atoms with Gasteiger partial charge in [-0.3, -0.25) is 4.79 Å². The maximum Gasteiger partial charge on any atom is 0.241 e. The summed E-state index contributed by atoms with van der Waals surface area (Å²) in [5, 5.41) is 0. The Morgan fingerprint density at radius 3 is 2.37 bits per heavy atom. The SMILES string of the molecule is Cc1ccc(C(C)(C)C)cc1S(=O)(=O)NCC(N)=O. The second kappa shape index (κ2) is 5.30. The van der Waals surface area contributed by atoms with E-state index in [1.54, 1.807) is 19.1 Å². The van der Waals surface area contributed by atoms with E-state index in [2.05, 4.69) is 4.72 Å². The maximum absolute atomic E-state index is 12.1. The molecule has 6 heteroatoms. The molecule has 0 spiro atoms. The second-order valence-corrected chi connectivity index (χ2v) is 7.26. The average molecular weight is 284 g/mol. The van der Waals surface area contributed by atoms with Gasteiger partial charge in [0.25, 0.3) is 0 Å². The number of carbonyl (C=O) groups excluding carboxylic acids is 1. The molecule has 0 aliphatic rings. The van der Waals surface area contributed by atoms with Gasteiger partial charge in [0.2, 0.25) is 15.9 Å². The van der Waals surface area contributed by atoms with E-state index in [-0.39, 0.29) is 10.3 Å². The van der Waals surface area contributed by atoms with Crippen molar-refractivity contribution in [2.75, 3.05) is 6.54 Å². The van der Waals surface area contributed by atoms with Gasteiger partial charge in [-0.1, -0.05) is 32.9 Å². The Bertz CT molecular complexity index is 586. The van der Waals surface area contributed by atoms with Crippen molar-refractivity contribution in [3.05, 3.63) is 29.3 Å². The Hall–Kier alpha value is -1.40. The van der Waals surface area contributed by atoms with Crippen LogP contribution in [0.3, 0.4) is 0 Å². The second-order valence-electron chi connectivity index (χ2n) is 5.52. The summed E-state index contributed by atoms with van der Waals surface area (Å²) in [6, 6.07) is 5.31. The third-order valence-corrected chi connectivity index (χ3v) is 4.32. The molecule has 0 aromatic heterocycles. The van der Waals surface area contributed by atoms with Crippen LogP contribution >= 0.6 is 0 Å². The highest BCUT2D eigenvalue weighted by molar-refractivity contribution is 7.89. The highest BCUT2D eigenvalue weighted by Crippen LogP contribution is 2.26. The predicted octanol–water partition coefficient (Wildman–Crippen LogP) is 1.06. The largest absolute Gasteiger partial charge is 0.369 e. The molecule has 1 amide bonds. The molecule has 1 aromatic carbocycles. The van der Waals surface area contributed by atoms with Gasteiger partial charge in [-0.2, -0.15) is 0 Å². The quantitative estimate of drug-likeness (QED) is 0.866. The minimum atomic E-state index is -3.72. The molecule has 3 N–H and O–H groups in total. The van der Waals surface area contributed by atoms with Gasteiger partial charge in [0.15, 0.2) is 0 Å². The first-order chi connectivity index (χ1) is 8.54. The lowest BCUT2D eigenvalue weighted by atomic mass is 9.87. The van der Waals surface area contributed by atoms with Gasteiger partial charge in [0.05, 0.1) is 11.4 Å². The Kier molecular flexibility index (Phi) is 4.37. The summed E-state index contributed by atoms with van der Waals surface area (Å²) >= 11 is 0. The Morgan fingerprint density at radius 1 is 1.32 bits per heavy atom. The fourth-order valence-electron chi connectivity index (χ4n) is 1.60. The molecule has 1 rings (SSSR count). The topological polar surface area (TPSA) is 89.3 Å². The van der Waals surface area contributed by atoms with Crippen molar-refractivity contribution in [1.82, 2.24) is 4.72 Å². The molecule has 0 atom stereocenters. The summed E-state index contributed by atoms with van der Waals surface area (Å²) in [4.78, 5) is 10.9. The van der Waals surface area contributed by atoms with Crippen LogP contribution in [0.15, 0.2) is 23.1 Å². The molecule has 5 nitrogen and oxygen atoms in total. The first-order valence-corrected chi connectivity index (χ1v) is 7.41. The zero-order valence-corrected chi connectivity index (χ0v) is 12.5. The van der Waals surface area contributed by atoms with E-state index in [0.717, 1.165) is 5.56 Å². The monoisotopic (exact) mass is 284 g/mol. The van der Waals surface area contributed by atoms with E-state index in [1.807, 2.05) is 26.8 Å². The maximum atomic E-state index is 12.1. The molecule has 0 aliphatic carbocycles. The van der Waals surface area contributed by atoms with Crippen molar-refractivity contribution < 1.29 is 13.2 Å². The van der Waals surface area contributed by atoms with Crippen molar-refractivity contribution in [2.45, 2.75) is 38.0 Å². The van der Waals surface area contributed by atoms with E-state index in [4.69, 9.17) is 5.73 Å². The van der Waals surface area contributed by atoms with Crippen LogP contribution in [0.25, 0.3) is 0 Å². The summed E-state index contributed by atoms with van der Waals surface area (Å²) in [6.45, 7) is 7.33. The lowest BCUT2D eigenvalue weighted by Crippen LogP contribution is -2.33. The fraction of sp³-hybridized carbons (Fsp3) is 0.462. The number of rotatable bonds is 4. The number of carbonyl (C=O) groups is 1. The van der Waals surface area contributed by atoms with Crippen LogP contribution in [0.4, 0.5) is 0 Å². The summed E-state index contributed by atoms with van der Waals surface area (Å²) in [7, 11) is -3.72. The standard InChI is InChI=1S/C13H20N2O3S/c1-9-5-6-10(13(2,3)4)7-11(9)19(17,18)15-8-12(14)16/h5-7,15H,8H2,1-4H3,(H2,14,16). The number of nitrogens with two attached hydrogens (primary N) is 1. The van der Waals surface area contributed by atoms with Crippen LogP contribution in [0.2, 0.25) is 0 Å². The molecule has 1 aromatic rings. The van der Waals surface area contributed by atoms with E-state index in [1.165, 1.54) is 0 Å². The van der Waals surface area contributed by atoms with Crippen molar-refractivity contribution in [3.8, 4) is 0 Å². The summed E-state index contributed by atoms with van der Waals surface area (Å²) in [5.74, 6) is -0.715. The Labute approximate surface area is 114 Å². The van der Waals surface area contributed by atoms with Crippen LogP contribution < -0.4 is 10.5 Å². The minimum Gasteiger partial charge on any atom is -0.369 e. The predicted molar refractivity (Wildman–Crippen MR) is 74.3 cm³/mol. The summed E-state index contributed by atoms with van der Waals surface area (Å²) in [5.41, 5.74) is 6.34. The van der Waals surface area contributed by atoms with Crippen LogP contribution in [-0.2, 0) is 20.2 Å². The van der Waals surface area contributed by atoms with Crippen molar-refractivity contribution in [2.24, 2.45) is 5.73 Å². The molecule has 106 valence electrons. The first-order valence-electron chi connectivity index (χ1n) is 5.93. The molecule has 0 radical (unpaired) electrons. The number of benzene rings is 1. The summed E-state index contributed by atoms with van der Waals surface area (Å²) in [6.07, 6.45) is 0. The number of primary amides is 1. The molecule has 0 unspecified atom stereocenters. The number of amides is 1. The lowest BCUT2D eigenvalue weighted by Gasteiger charge is -2.20. The van der Waals surface area contributed by atoms with Gasteiger partial charge < -0.3 is 5.73 Å². The van der Waals surface area contributed by atoms with Gasteiger partial charge in [-0.05, 0) is 29.5 Å². The van der Waals surface area contributed by atoms with Crippen LogP contribution in [-0.4, -0.2) is 20.9 Å². The highest BCUT2D eigenvalue weighted by atomic mass is 32.2. The van der Waals surface area contributed by atoms with Crippen LogP contribution in [0, 0.1) is 6.92 Å². The molecule has 0 bridgehead atoms. The van der Waals surface area contributed by atoms with Gasteiger partial charge in [-0.25, -0.2) is 13.1 Å². The number of nitrogens with one attached hydrogen (secondary N) is 1. The van der Waals surface area contributed by atoms with E-state index in [9.17, 15) is 13.2 Å². The van der Waals surface area contributed by atoms with Crippen LogP contribution in [0.1, 0.15) is 31.9 Å². The normalized spacial score (nSPS) is 12.4. The molecular weight excluding hydrogens is 264 g/mol. The molecule has 0 fully saturated rings. The van der Waals surface area contributed by atoms with E-state index < -0.39 is 22.5 Å². The molecule has 0 heterocycles. The van der Waals surface area contributed by atoms with Crippen LogP contribution in [0.5, 0.6) is 0 Å². The summed E-state index contributed by atoms with van der Waals surface area (Å²) < 4.78 is 26.4. The molecule has 0 saturated heterocycles. The molecule has 0 aliphatic heterocycles. The third-order valence-electron chi connectivity index (χ3n) is 2.78. The molecule has 19 heavy (non-hydrogen) atoms.